The number of carbonyl (C=O) groups excluding carboxylic acids is 2. The smallest absolute Gasteiger partial charge is 0.252 e. The van der Waals surface area contributed by atoms with Gasteiger partial charge in [-0.05, 0) is 37.8 Å². The van der Waals surface area contributed by atoms with Crippen molar-refractivity contribution in [3.63, 3.8) is 0 Å². The Morgan fingerprint density at radius 3 is 2.06 bits per heavy atom. The maximum atomic E-state index is 12.8. The van der Waals surface area contributed by atoms with Gasteiger partial charge in [0.05, 0.1) is 13.0 Å². The predicted molar refractivity (Wildman–Crippen MR) is 119 cm³/mol. The number of piperazine rings is 1. The first kappa shape index (κ1) is 22.7. The van der Waals surface area contributed by atoms with Crippen LogP contribution in [0.15, 0.2) is 16.3 Å². The molecule has 0 aromatic carbocycles. The molecule has 4 heterocycles. The molecule has 3 aliphatic heterocycles. The van der Waals surface area contributed by atoms with Gasteiger partial charge in [-0.25, -0.2) is 8.42 Å². The van der Waals surface area contributed by atoms with Crippen LogP contribution in [-0.4, -0.2) is 98.1 Å². The Bertz CT molecular complexity index is 881. The zero-order chi connectivity index (χ0) is 21.8. The van der Waals surface area contributed by atoms with E-state index in [0.717, 1.165) is 50.1 Å². The summed E-state index contributed by atoms with van der Waals surface area (Å²) in [5.41, 5.74) is 0. The molecule has 0 bridgehead atoms. The van der Waals surface area contributed by atoms with Crippen LogP contribution in [0.3, 0.4) is 0 Å². The lowest BCUT2D eigenvalue weighted by atomic mass is 10.2. The third-order valence-corrected chi connectivity index (χ3v) is 9.87. The lowest BCUT2D eigenvalue weighted by Gasteiger charge is -2.35. The maximum absolute atomic E-state index is 12.8. The summed E-state index contributed by atoms with van der Waals surface area (Å²) in [5.74, 6) is 0.215. The molecular formula is C21H32N4O4S2. The molecule has 2 amide bonds. The summed E-state index contributed by atoms with van der Waals surface area (Å²) in [6.07, 6.45) is 5.31. The van der Waals surface area contributed by atoms with Crippen LogP contribution in [0, 0.1) is 0 Å². The van der Waals surface area contributed by atoms with E-state index in [1.807, 2.05) is 9.80 Å². The van der Waals surface area contributed by atoms with Crippen molar-refractivity contribution in [1.29, 1.82) is 0 Å². The first-order valence-electron chi connectivity index (χ1n) is 11.3. The standard InChI is InChI=1S/C21H32N4O4S2/c26-19(24-14-12-22(13-15-24)17-20(27)23-8-4-5-9-23)16-18-6-7-21(30-18)31(28,29)25-10-2-1-3-11-25/h6-7H,1-5,8-17H2. The summed E-state index contributed by atoms with van der Waals surface area (Å²) >= 11 is 1.21. The molecule has 0 unspecified atom stereocenters. The molecular weight excluding hydrogens is 436 g/mol. The van der Waals surface area contributed by atoms with E-state index in [2.05, 4.69) is 4.90 Å². The normalized spacial score (nSPS) is 21.5. The Labute approximate surface area is 188 Å². The molecule has 3 fully saturated rings. The number of carbonyl (C=O) groups is 2. The van der Waals surface area contributed by atoms with Gasteiger partial charge >= 0.3 is 0 Å². The predicted octanol–water partition coefficient (Wildman–Crippen LogP) is 1.23. The van der Waals surface area contributed by atoms with Crippen molar-refractivity contribution in [2.75, 3.05) is 58.9 Å². The Morgan fingerprint density at radius 1 is 0.774 bits per heavy atom. The molecule has 3 saturated heterocycles. The van der Waals surface area contributed by atoms with Gasteiger partial charge in [0.1, 0.15) is 4.21 Å². The minimum atomic E-state index is -3.44. The van der Waals surface area contributed by atoms with Gasteiger partial charge in [0.2, 0.25) is 11.8 Å². The van der Waals surface area contributed by atoms with Gasteiger partial charge in [0.25, 0.3) is 10.0 Å². The Balaban J connectivity index is 1.26. The van der Waals surface area contributed by atoms with Gasteiger partial charge in [-0.15, -0.1) is 11.3 Å². The summed E-state index contributed by atoms with van der Waals surface area (Å²) in [4.78, 5) is 31.7. The number of amides is 2. The van der Waals surface area contributed by atoms with E-state index >= 15 is 0 Å². The number of hydrogen-bond acceptors (Lipinski definition) is 6. The van der Waals surface area contributed by atoms with Crippen molar-refractivity contribution in [3.05, 3.63) is 17.0 Å². The molecule has 3 aliphatic rings. The third-order valence-electron chi connectivity index (χ3n) is 6.41. The molecule has 0 spiro atoms. The Hall–Kier alpha value is -1.49. The molecule has 0 N–H and O–H groups in total. The van der Waals surface area contributed by atoms with Crippen LogP contribution >= 0.6 is 11.3 Å². The zero-order valence-corrected chi connectivity index (χ0v) is 19.6. The summed E-state index contributed by atoms with van der Waals surface area (Å²) < 4.78 is 27.5. The second kappa shape index (κ2) is 9.97. The molecule has 0 saturated carbocycles. The Morgan fingerprint density at radius 2 is 1.39 bits per heavy atom. The number of nitrogens with zero attached hydrogens (tertiary/aromatic N) is 4. The molecule has 8 nitrogen and oxygen atoms in total. The zero-order valence-electron chi connectivity index (χ0n) is 18.0. The molecule has 4 rings (SSSR count). The molecule has 0 aliphatic carbocycles. The van der Waals surface area contributed by atoms with E-state index in [4.69, 9.17) is 0 Å². The van der Waals surface area contributed by atoms with Crippen molar-refractivity contribution in [2.45, 2.75) is 42.7 Å². The van der Waals surface area contributed by atoms with E-state index in [-0.39, 0.29) is 18.2 Å². The number of piperidine rings is 1. The van der Waals surface area contributed by atoms with Crippen LogP contribution in [-0.2, 0) is 26.0 Å². The lowest BCUT2D eigenvalue weighted by molar-refractivity contribution is -0.134. The monoisotopic (exact) mass is 468 g/mol. The van der Waals surface area contributed by atoms with Crippen molar-refractivity contribution in [3.8, 4) is 0 Å². The van der Waals surface area contributed by atoms with Gasteiger partial charge in [0, 0.05) is 57.2 Å². The number of likely N-dealkylation sites (tertiary alicyclic amines) is 1. The van der Waals surface area contributed by atoms with E-state index in [9.17, 15) is 18.0 Å². The molecule has 0 radical (unpaired) electrons. The molecule has 1 aromatic rings. The fourth-order valence-corrected chi connectivity index (χ4v) is 7.52. The summed E-state index contributed by atoms with van der Waals surface area (Å²) in [6.45, 7) is 5.95. The fraction of sp³-hybridized carbons (Fsp3) is 0.714. The topological polar surface area (TPSA) is 81.2 Å². The first-order valence-corrected chi connectivity index (χ1v) is 13.6. The summed E-state index contributed by atoms with van der Waals surface area (Å²) in [5, 5.41) is 0. The lowest BCUT2D eigenvalue weighted by Crippen LogP contribution is -2.51. The summed E-state index contributed by atoms with van der Waals surface area (Å²) in [7, 11) is -3.44. The average Bonchev–Trinajstić information content (AvgIpc) is 3.48. The highest BCUT2D eigenvalue weighted by Crippen LogP contribution is 2.27. The van der Waals surface area contributed by atoms with Crippen molar-refractivity contribution in [2.24, 2.45) is 0 Å². The van der Waals surface area contributed by atoms with Crippen LogP contribution in [0.1, 0.15) is 37.0 Å². The first-order chi connectivity index (χ1) is 14.9. The van der Waals surface area contributed by atoms with Gasteiger partial charge in [-0.2, -0.15) is 4.31 Å². The van der Waals surface area contributed by atoms with E-state index in [1.165, 1.54) is 11.3 Å². The van der Waals surface area contributed by atoms with Gasteiger partial charge < -0.3 is 9.80 Å². The third kappa shape index (κ3) is 5.47. The number of sulfonamides is 1. The molecule has 172 valence electrons. The van der Waals surface area contributed by atoms with Crippen LogP contribution in [0.25, 0.3) is 0 Å². The SMILES string of the molecule is O=C(Cc1ccc(S(=O)(=O)N2CCCCC2)s1)N1CCN(CC(=O)N2CCCC2)CC1. The Kier molecular flexibility index (Phi) is 7.30. The van der Waals surface area contributed by atoms with E-state index in [1.54, 1.807) is 16.4 Å². The van der Waals surface area contributed by atoms with Gasteiger partial charge in [0.15, 0.2) is 0 Å². The second-order valence-electron chi connectivity index (χ2n) is 8.61. The van der Waals surface area contributed by atoms with Crippen molar-refractivity contribution < 1.29 is 18.0 Å². The number of rotatable bonds is 6. The largest absolute Gasteiger partial charge is 0.342 e. The number of thiophene rings is 1. The van der Waals surface area contributed by atoms with Crippen LogP contribution in [0.2, 0.25) is 0 Å². The summed E-state index contributed by atoms with van der Waals surface area (Å²) in [6, 6.07) is 3.41. The molecule has 1 aromatic heterocycles. The van der Waals surface area contributed by atoms with Crippen molar-refractivity contribution >= 4 is 33.2 Å². The highest BCUT2D eigenvalue weighted by Gasteiger charge is 2.29. The average molecular weight is 469 g/mol. The van der Waals surface area contributed by atoms with Crippen molar-refractivity contribution in [1.82, 2.24) is 19.0 Å². The molecule has 31 heavy (non-hydrogen) atoms. The molecule has 0 atom stereocenters. The highest BCUT2D eigenvalue weighted by molar-refractivity contribution is 7.91. The van der Waals surface area contributed by atoms with E-state index < -0.39 is 10.0 Å². The van der Waals surface area contributed by atoms with Gasteiger partial charge in [-0.1, -0.05) is 6.42 Å². The second-order valence-corrected chi connectivity index (χ2v) is 11.9. The maximum Gasteiger partial charge on any atom is 0.252 e. The molecule has 10 heteroatoms. The van der Waals surface area contributed by atoms with Crippen LogP contribution in [0.5, 0.6) is 0 Å². The van der Waals surface area contributed by atoms with Crippen LogP contribution < -0.4 is 0 Å². The minimum absolute atomic E-state index is 0.0225. The quantitative estimate of drug-likeness (QED) is 0.627. The fourth-order valence-electron chi connectivity index (χ4n) is 4.50. The number of hydrogen-bond donors (Lipinski definition) is 0. The minimum Gasteiger partial charge on any atom is -0.342 e. The highest BCUT2D eigenvalue weighted by atomic mass is 32.2. The van der Waals surface area contributed by atoms with Crippen LogP contribution in [0.4, 0.5) is 0 Å². The van der Waals surface area contributed by atoms with E-state index in [0.29, 0.717) is 50.0 Å². The van der Waals surface area contributed by atoms with Gasteiger partial charge in [-0.3, -0.25) is 14.5 Å².